The van der Waals surface area contributed by atoms with Crippen LogP contribution in [0.15, 0.2) is 24.3 Å². The summed E-state index contributed by atoms with van der Waals surface area (Å²) < 4.78 is 23.4. The number of nitrogens with zero attached hydrogens (tertiary/aromatic N) is 1. The fourth-order valence-electron chi connectivity index (χ4n) is 3.55. The minimum atomic E-state index is -2.82. The molecule has 0 bridgehead atoms. The smallest absolute Gasteiger partial charge is 0.151 e. The summed E-state index contributed by atoms with van der Waals surface area (Å²) in [6, 6.07) is 0.180. The highest BCUT2D eigenvalue weighted by Gasteiger charge is 2.34. The largest absolute Gasteiger partial charge is 0.295 e. The summed E-state index contributed by atoms with van der Waals surface area (Å²) in [7, 11) is -2.82. The Hall–Kier alpha value is -0.610. The predicted molar refractivity (Wildman–Crippen MR) is 84.5 cm³/mol. The Morgan fingerprint density at radius 2 is 2.20 bits per heavy atom. The van der Waals surface area contributed by atoms with E-state index in [0.29, 0.717) is 23.3 Å². The van der Waals surface area contributed by atoms with Crippen LogP contribution in [0.25, 0.3) is 0 Å². The number of hydrogen-bond donors (Lipinski definition) is 0. The van der Waals surface area contributed by atoms with Gasteiger partial charge in [-0.05, 0) is 38.0 Å². The summed E-state index contributed by atoms with van der Waals surface area (Å²) in [4.78, 5) is 2.33. The first-order valence-electron chi connectivity index (χ1n) is 7.65. The summed E-state index contributed by atoms with van der Waals surface area (Å²) in [6.07, 6.45) is 7.45. The molecule has 0 unspecified atom stereocenters. The van der Waals surface area contributed by atoms with Gasteiger partial charge in [0.25, 0.3) is 0 Å². The molecule has 0 aromatic rings. The molecular weight excluding hydrogens is 270 g/mol. The highest BCUT2D eigenvalue weighted by Crippen LogP contribution is 2.32. The van der Waals surface area contributed by atoms with Crippen molar-refractivity contribution in [1.29, 1.82) is 0 Å². The zero-order valence-corrected chi connectivity index (χ0v) is 13.5. The second-order valence-corrected chi connectivity index (χ2v) is 8.64. The Morgan fingerprint density at radius 3 is 2.75 bits per heavy atom. The van der Waals surface area contributed by atoms with E-state index in [4.69, 9.17) is 0 Å². The van der Waals surface area contributed by atoms with Gasteiger partial charge in [0.1, 0.15) is 0 Å². The Bertz CT molecular complexity index is 481. The van der Waals surface area contributed by atoms with Crippen molar-refractivity contribution in [2.45, 2.75) is 39.2 Å². The average molecular weight is 297 g/mol. The second-order valence-electron chi connectivity index (χ2n) is 6.41. The maximum atomic E-state index is 11.7. The molecule has 1 aliphatic heterocycles. The quantitative estimate of drug-likeness (QED) is 0.732. The third kappa shape index (κ3) is 3.73. The van der Waals surface area contributed by atoms with Crippen molar-refractivity contribution in [2.24, 2.45) is 11.8 Å². The van der Waals surface area contributed by atoms with E-state index >= 15 is 0 Å². The van der Waals surface area contributed by atoms with Crippen LogP contribution < -0.4 is 0 Å². The van der Waals surface area contributed by atoms with Crippen LogP contribution in [0.4, 0.5) is 0 Å². The number of rotatable bonds is 5. The first kappa shape index (κ1) is 15.8. The molecule has 1 saturated heterocycles. The zero-order valence-electron chi connectivity index (χ0n) is 12.7. The molecule has 4 heteroatoms. The van der Waals surface area contributed by atoms with E-state index in [1.165, 1.54) is 18.4 Å². The molecular formula is C16H27NO2S. The molecule has 20 heavy (non-hydrogen) atoms. The molecule has 2 aliphatic rings. The molecule has 0 saturated carbocycles. The van der Waals surface area contributed by atoms with Gasteiger partial charge in [0.2, 0.25) is 0 Å². The summed E-state index contributed by atoms with van der Waals surface area (Å²) >= 11 is 0. The van der Waals surface area contributed by atoms with Crippen molar-refractivity contribution < 1.29 is 8.42 Å². The minimum absolute atomic E-state index is 0.180. The lowest BCUT2D eigenvalue weighted by molar-refractivity contribution is 0.179. The van der Waals surface area contributed by atoms with Crippen LogP contribution in [-0.2, 0) is 9.84 Å². The van der Waals surface area contributed by atoms with Crippen LogP contribution in [0, 0.1) is 11.8 Å². The van der Waals surface area contributed by atoms with Gasteiger partial charge in [-0.15, -0.1) is 6.58 Å². The summed E-state index contributed by atoms with van der Waals surface area (Å²) in [5, 5.41) is 0. The fraction of sp³-hybridized carbons (Fsp3) is 0.750. The minimum Gasteiger partial charge on any atom is -0.295 e. The fourth-order valence-corrected chi connectivity index (χ4v) is 5.32. The van der Waals surface area contributed by atoms with Gasteiger partial charge in [0, 0.05) is 19.1 Å². The van der Waals surface area contributed by atoms with Crippen LogP contribution in [-0.4, -0.2) is 44.0 Å². The van der Waals surface area contributed by atoms with Gasteiger partial charge in [-0.25, -0.2) is 8.42 Å². The second kappa shape index (κ2) is 6.44. The van der Waals surface area contributed by atoms with Crippen molar-refractivity contribution in [3.8, 4) is 0 Å². The van der Waals surface area contributed by atoms with E-state index in [0.717, 1.165) is 19.5 Å². The molecule has 1 aliphatic carbocycles. The van der Waals surface area contributed by atoms with E-state index in [1.807, 2.05) is 6.08 Å². The summed E-state index contributed by atoms with van der Waals surface area (Å²) in [5.74, 6) is 1.92. The van der Waals surface area contributed by atoms with Crippen LogP contribution in [0.3, 0.4) is 0 Å². The van der Waals surface area contributed by atoms with Gasteiger partial charge in [0.05, 0.1) is 11.5 Å². The van der Waals surface area contributed by atoms with E-state index in [9.17, 15) is 8.42 Å². The maximum Gasteiger partial charge on any atom is 0.151 e. The normalized spacial score (nSPS) is 33.1. The standard InChI is InChI=1S/C16H27NO2S/c1-4-9-17(15-8-10-20(18,19)12-15)11-16-13(2)6-5-7-14(16)3/h4,6,14-16H,1,5,7-12H2,2-3H3/t14-,15-,16-/m1/s1. The van der Waals surface area contributed by atoms with Gasteiger partial charge in [-0.2, -0.15) is 0 Å². The Kier molecular flexibility index (Phi) is 5.08. The molecule has 2 rings (SSSR count). The van der Waals surface area contributed by atoms with E-state index in [2.05, 4.69) is 31.4 Å². The van der Waals surface area contributed by atoms with Crippen molar-refractivity contribution in [2.75, 3.05) is 24.6 Å². The first-order valence-corrected chi connectivity index (χ1v) is 9.47. The number of sulfone groups is 1. The van der Waals surface area contributed by atoms with Gasteiger partial charge in [0.15, 0.2) is 9.84 Å². The van der Waals surface area contributed by atoms with Crippen molar-refractivity contribution >= 4 is 9.84 Å². The number of allylic oxidation sites excluding steroid dienone is 1. The van der Waals surface area contributed by atoms with Gasteiger partial charge < -0.3 is 0 Å². The molecule has 0 N–H and O–H groups in total. The molecule has 1 heterocycles. The first-order chi connectivity index (χ1) is 9.43. The highest BCUT2D eigenvalue weighted by atomic mass is 32.2. The lowest BCUT2D eigenvalue weighted by Crippen LogP contribution is -2.41. The van der Waals surface area contributed by atoms with Crippen molar-refractivity contribution in [3.05, 3.63) is 24.3 Å². The van der Waals surface area contributed by atoms with E-state index in [-0.39, 0.29) is 6.04 Å². The molecule has 0 aromatic carbocycles. The van der Waals surface area contributed by atoms with Crippen molar-refractivity contribution in [3.63, 3.8) is 0 Å². The summed E-state index contributed by atoms with van der Waals surface area (Å²) in [5.41, 5.74) is 1.47. The highest BCUT2D eigenvalue weighted by molar-refractivity contribution is 7.91. The predicted octanol–water partition coefficient (Wildman–Crippen LogP) is 2.65. The van der Waals surface area contributed by atoms with Gasteiger partial charge in [-0.3, -0.25) is 4.90 Å². The Labute approximate surface area is 123 Å². The van der Waals surface area contributed by atoms with E-state index < -0.39 is 9.84 Å². The molecule has 3 atom stereocenters. The number of hydrogen-bond acceptors (Lipinski definition) is 3. The summed E-state index contributed by atoms with van der Waals surface area (Å²) in [6.45, 7) is 10.1. The lowest BCUT2D eigenvalue weighted by atomic mass is 9.79. The van der Waals surface area contributed by atoms with Crippen LogP contribution in [0.2, 0.25) is 0 Å². The molecule has 0 amide bonds. The molecule has 0 radical (unpaired) electrons. The third-order valence-electron chi connectivity index (χ3n) is 4.88. The lowest BCUT2D eigenvalue weighted by Gasteiger charge is -2.36. The average Bonchev–Trinajstić information content (AvgIpc) is 2.73. The van der Waals surface area contributed by atoms with Crippen LogP contribution in [0.1, 0.15) is 33.1 Å². The third-order valence-corrected chi connectivity index (χ3v) is 6.63. The zero-order chi connectivity index (χ0) is 14.8. The van der Waals surface area contributed by atoms with Gasteiger partial charge in [-0.1, -0.05) is 24.6 Å². The molecule has 3 nitrogen and oxygen atoms in total. The topological polar surface area (TPSA) is 37.4 Å². The Morgan fingerprint density at radius 1 is 1.45 bits per heavy atom. The van der Waals surface area contributed by atoms with Crippen LogP contribution >= 0.6 is 0 Å². The van der Waals surface area contributed by atoms with Crippen LogP contribution in [0.5, 0.6) is 0 Å². The van der Waals surface area contributed by atoms with E-state index in [1.54, 1.807) is 0 Å². The maximum absolute atomic E-state index is 11.7. The van der Waals surface area contributed by atoms with Crippen molar-refractivity contribution in [1.82, 2.24) is 4.90 Å². The Balaban J connectivity index is 2.07. The molecule has 0 aromatic heterocycles. The molecule has 0 spiro atoms. The molecule has 1 fully saturated rings. The molecule has 114 valence electrons. The van der Waals surface area contributed by atoms with Gasteiger partial charge >= 0.3 is 0 Å². The monoisotopic (exact) mass is 297 g/mol. The SMILES string of the molecule is C=CCN(C[C@@H]1C(C)=CCC[C@H]1C)[C@@H]1CCS(=O)(=O)C1.